The normalized spacial score (nSPS) is 10.5. The maximum absolute atomic E-state index is 13.7. The summed E-state index contributed by atoms with van der Waals surface area (Å²) < 4.78 is 13.7. The summed E-state index contributed by atoms with van der Waals surface area (Å²) in [5.74, 6) is -0.308. The lowest BCUT2D eigenvalue weighted by molar-refractivity contribution is 0.220. The van der Waals surface area contributed by atoms with Crippen LogP contribution in [0, 0.1) is 5.82 Å². The smallest absolute Gasteiger partial charge is 0.321 e. The van der Waals surface area contributed by atoms with Crippen molar-refractivity contribution in [3.05, 3.63) is 78.1 Å². The summed E-state index contributed by atoms with van der Waals surface area (Å²) in [7, 11) is 1.64. The zero-order valence-electron chi connectivity index (χ0n) is 12.8. The number of anilines is 1. The lowest BCUT2D eigenvalue weighted by atomic mass is 10.1. The van der Waals surface area contributed by atoms with Gasteiger partial charge >= 0.3 is 6.03 Å². The first-order valence-corrected chi connectivity index (χ1v) is 7.38. The second-order valence-electron chi connectivity index (χ2n) is 5.44. The molecule has 3 rings (SSSR count). The van der Waals surface area contributed by atoms with Gasteiger partial charge < -0.3 is 10.2 Å². The average molecular weight is 308 g/mol. The molecule has 0 bridgehead atoms. The molecule has 23 heavy (non-hydrogen) atoms. The number of hydrogen-bond acceptors (Lipinski definition) is 1. The molecule has 0 saturated carbocycles. The highest BCUT2D eigenvalue weighted by molar-refractivity contribution is 5.93. The van der Waals surface area contributed by atoms with Crippen molar-refractivity contribution < 1.29 is 9.18 Å². The number of rotatable bonds is 3. The molecule has 0 radical (unpaired) electrons. The molecule has 3 aromatic carbocycles. The average Bonchev–Trinajstić information content (AvgIpc) is 2.56. The highest BCUT2D eigenvalue weighted by Crippen LogP contribution is 2.19. The minimum absolute atomic E-state index is 0.214. The predicted octanol–water partition coefficient (Wildman–Crippen LogP) is 4.64. The van der Waals surface area contributed by atoms with Crippen LogP contribution in [-0.4, -0.2) is 18.0 Å². The monoisotopic (exact) mass is 308 g/mol. The van der Waals surface area contributed by atoms with E-state index in [2.05, 4.69) is 5.32 Å². The molecule has 116 valence electrons. The van der Waals surface area contributed by atoms with Crippen molar-refractivity contribution in [3.8, 4) is 0 Å². The second kappa shape index (κ2) is 6.48. The van der Waals surface area contributed by atoms with Gasteiger partial charge in [0.1, 0.15) is 5.82 Å². The maximum atomic E-state index is 13.7. The number of nitrogens with one attached hydrogen (secondary N) is 1. The summed E-state index contributed by atoms with van der Waals surface area (Å²) in [6.45, 7) is 0.214. The van der Waals surface area contributed by atoms with E-state index in [4.69, 9.17) is 0 Å². The van der Waals surface area contributed by atoms with E-state index in [1.165, 1.54) is 11.0 Å². The third kappa shape index (κ3) is 3.48. The quantitative estimate of drug-likeness (QED) is 0.751. The van der Waals surface area contributed by atoms with Crippen molar-refractivity contribution >= 4 is 22.5 Å². The molecular formula is C19H17FN2O. The van der Waals surface area contributed by atoms with Crippen LogP contribution >= 0.6 is 0 Å². The third-order valence-electron chi connectivity index (χ3n) is 3.71. The highest BCUT2D eigenvalue weighted by Gasteiger charge is 2.11. The molecule has 0 heterocycles. The number of hydrogen-bond donors (Lipinski definition) is 1. The number of amides is 2. The minimum atomic E-state index is -0.308. The summed E-state index contributed by atoms with van der Waals surface area (Å²) >= 11 is 0. The second-order valence-corrected chi connectivity index (χ2v) is 5.44. The number of carbonyl (C=O) groups excluding carboxylic acids is 1. The molecule has 0 saturated heterocycles. The molecule has 0 aromatic heterocycles. The standard InChI is InChI=1S/C19H17FN2O/c1-22(13-16-8-4-5-9-18(16)20)19(23)21-17-11-10-14-6-2-3-7-15(14)12-17/h2-12H,13H2,1H3,(H,21,23). The van der Waals surface area contributed by atoms with Crippen LogP contribution < -0.4 is 5.32 Å². The number of halogens is 1. The van der Waals surface area contributed by atoms with Gasteiger partial charge in [-0.1, -0.05) is 48.5 Å². The first kappa shape index (κ1) is 15.0. The van der Waals surface area contributed by atoms with E-state index in [1.54, 1.807) is 25.2 Å². The number of fused-ring (bicyclic) bond motifs is 1. The van der Waals surface area contributed by atoms with E-state index in [-0.39, 0.29) is 18.4 Å². The van der Waals surface area contributed by atoms with Gasteiger partial charge in [-0.15, -0.1) is 0 Å². The Hall–Kier alpha value is -2.88. The van der Waals surface area contributed by atoms with Gasteiger partial charge in [-0.25, -0.2) is 9.18 Å². The number of benzene rings is 3. The van der Waals surface area contributed by atoms with Crippen LogP contribution in [0.2, 0.25) is 0 Å². The van der Waals surface area contributed by atoms with Gasteiger partial charge in [-0.3, -0.25) is 0 Å². The first-order chi connectivity index (χ1) is 11.1. The van der Waals surface area contributed by atoms with Crippen LogP contribution in [0.25, 0.3) is 10.8 Å². The number of urea groups is 1. The largest absolute Gasteiger partial charge is 0.323 e. The summed E-state index contributed by atoms with van der Waals surface area (Å²) in [6, 6.07) is 19.9. The van der Waals surface area contributed by atoms with Crippen molar-refractivity contribution in [1.29, 1.82) is 0 Å². The summed E-state index contributed by atoms with van der Waals surface area (Å²) in [5.41, 5.74) is 1.21. The van der Waals surface area contributed by atoms with Crippen LogP contribution in [0.3, 0.4) is 0 Å². The van der Waals surface area contributed by atoms with Crippen molar-refractivity contribution in [2.24, 2.45) is 0 Å². The Morgan fingerprint density at radius 3 is 2.48 bits per heavy atom. The highest BCUT2D eigenvalue weighted by atomic mass is 19.1. The first-order valence-electron chi connectivity index (χ1n) is 7.38. The van der Waals surface area contributed by atoms with Crippen LogP contribution in [0.4, 0.5) is 14.9 Å². The van der Waals surface area contributed by atoms with Crippen LogP contribution in [0.1, 0.15) is 5.56 Å². The maximum Gasteiger partial charge on any atom is 0.321 e. The molecule has 3 nitrogen and oxygen atoms in total. The van der Waals surface area contributed by atoms with Crippen molar-refractivity contribution in [2.45, 2.75) is 6.54 Å². The molecule has 0 fully saturated rings. The van der Waals surface area contributed by atoms with Crippen LogP contribution in [-0.2, 0) is 6.54 Å². The minimum Gasteiger partial charge on any atom is -0.323 e. The lowest BCUT2D eigenvalue weighted by Gasteiger charge is -2.18. The fourth-order valence-corrected chi connectivity index (χ4v) is 2.44. The van der Waals surface area contributed by atoms with E-state index in [1.807, 2.05) is 42.5 Å². The zero-order chi connectivity index (χ0) is 16.2. The van der Waals surface area contributed by atoms with Crippen LogP contribution in [0.15, 0.2) is 66.7 Å². The van der Waals surface area contributed by atoms with Gasteiger partial charge in [0.2, 0.25) is 0 Å². The van der Waals surface area contributed by atoms with Gasteiger partial charge in [-0.2, -0.15) is 0 Å². The van der Waals surface area contributed by atoms with E-state index in [0.29, 0.717) is 11.3 Å². The molecule has 0 aliphatic rings. The van der Waals surface area contributed by atoms with E-state index in [9.17, 15) is 9.18 Å². The molecular weight excluding hydrogens is 291 g/mol. The Balaban J connectivity index is 1.71. The molecule has 0 unspecified atom stereocenters. The van der Waals surface area contributed by atoms with E-state index < -0.39 is 0 Å². The van der Waals surface area contributed by atoms with Gasteiger partial charge in [0.05, 0.1) is 0 Å². The Morgan fingerprint density at radius 1 is 1.00 bits per heavy atom. The van der Waals surface area contributed by atoms with Crippen molar-refractivity contribution in [1.82, 2.24) is 4.90 Å². The molecule has 2 amide bonds. The molecule has 3 aromatic rings. The Morgan fingerprint density at radius 2 is 1.70 bits per heavy atom. The predicted molar refractivity (Wildman–Crippen MR) is 90.8 cm³/mol. The molecule has 0 atom stereocenters. The molecule has 0 spiro atoms. The fraction of sp³-hybridized carbons (Fsp3) is 0.105. The van der Waals surface area contributed by atoms with E-state index in [0.717, 1.165) is 10.8 Å². The molecule has 0 aliphatic heterocycles. The SMILES string of the molecule is CN(Cc1ccccc1F)C(=O)Nc1ccc2ccccc2c1. The third-order valence-corrected chi connectivity index (χ3v) is 3.71. The van der Waals surface area contributed by atoms with Gasteiger partial charge in [0, 0.05) is 24.8 Å². The Labute approximate surface area is 134 Å². The summed E-state index contributed by atoms with van der Waals surface area (Å²) in [6.07, 6.45) is 0. The van der Waals surface area contributed by atoms with Crippen molar-refractivity contribution in [3.63, 3.8) is 0 Å². The topological polar surface area (TPSA) is 32.3 Å². The molecule has 1 N–H and O–H groups in total. The summed E-state index contributed by atoms with van der Waals surface area (Å²) in [4.78, 5) is 13.7. The zero-order valence-corrected chi connectivity index (χ0v) is 12.8. The fourth-order valence-electron chi connectivity index (χ4n) is 2.44. The Bertz CT molecular complexity index is 847. The number of nitrogens with zero attached hydrogens (tertiary/aromatic N) is 1. The molecule has 0 aliphatic carbocycles. The van der Waals surface area contributed by atoms with E-state index >= 15 is 0 Å². The Kier molecular flexibility index (Phi) is 4.24. The van der Waals surface area contributed by atoms with Gasteiger partial charge in [0.15, 0.2) is 0 Å². The number of carbonyl (C=O) groups is 1. The lowest BCUT2D eigenvalue weighted by Crippen LogP contribution is -2.31. The van der Waals surface area contributed by atoms with Crippen molar-refractivity contribution in [2.75, 3.05) is 12.4 Å². The molecule has 4 heteroatoms. The summed E-state index contributed by atoms with van der Waals surface area (Å²) in [5, 5.41) is 5.01. The van der Waals surface area contributed by atoms with Crippen LogP contribution in [0.5, 0.6) is 0 Å². The van der Waals surface area contributed by atoms with Gasteiger partial charge in [0.25, 0.3) is 0 Å². The van der Waals surface area contributed by atoms with Gasteiger partial charge in [-0.05, 0) is 29.0 Å².